The highest BCUT2D eigenvalue weighted by atomic mass is 19.1. The second-order valence-electron chi connectivity index (χ2n) is 7.65. The molecule has 1 saturated heterocycles. The molecule has 0 radical (unpaired) electrons. The second-order valence-corrected chi connectivity index (χ2v) is 7.65. The Hall–Kier alpha value is -2.86. The van der Waals surface area contributed by atoms with E-state index < -0.39 is 0 Å². The molecule has 28 heavy (non-hydrogen) atoms. The number of hydrogen-bond donors (Lipinski definition) is 1. The first-order valence-electron chi connectivity index (χ1n) is 9.73. The van der Waals surface area contributed by atoms with Crippen LogP contribution in [0.1, 0.15) is 35.7 Å². The summed E-state index contributed by atoms with van der Waals surface area (Å²) in [4.78, 5) is 9.15. The van der Waals surface area contributed by atoms with Gasteiger partial charge in [0.05, 0.1) is 17.6 Å². The first kappa shape index (κ1) is 17.3. The lowest BCUT2D eigenvalue weighted by Gasteiger charge is -2.22. The summed E-state index contributed by atoms with van der Waals surface area (Å²) in [6, 6.07) is 9.49. The monoisotopic (exact) mass is 375 g/mol. The van der Waals surface area contributed by atoms with Crippen LogP contribution in [0.25, 0.3) is 27.8 Å². The van der Waals surface area contributed by atoms with Gasteiger partial charge in [0.1, 0.15) is 11.3 Å². The van der Waals surface area contributed by atoms with Crippen LogP contribution in [0.15, 0.2) is 36.5 Å². The van der Waals surface area contributed by atoms with Gasteiger partial charge in [0.2, 0.25) is 0 Å². The summed E-state index contributed by atoms with van der Waals surface area (Å²) in [5.41, 5.74) is 5.66. The van der Waals surface area contributed by atoms with Crippen molar-refractivity contribution in [3.63, 3.8) is 0 Å². The third kappa shape index (κ3) is 2.94. The molecule has 0 aliphatic carbocycles. The van der Waals surface area contributed by atoms with Crippen LogP contribution in [-0.2, 0) is 0 Å². The number of rotatable bonds is 2. The van der Waals surface area contributed by atoms with Gasteiger partial charge in [-0.05, 0) is 69.6 Å². The van der Waals surface area contributed by atoms with E-state index in [9.17, 15) is 4.39 Å². The summed E-state index contributed by atoms with van der Waals surface area (Å²) in [6.45, 7) is 5.92. The van der Waals surface area contributed by atoms with Crippen molar-refractivity contribution in [2.75, 3.05) is 13.1 Å². The maximum Gasteiger partial charge on any atom is 0.156 e. The van der Waals surface area contributed by atoms with Gasteiger partial charge in [-0.15, -0.1) is 0 Å². The topological polar surface area (TPSA) is 55.1 Å². The lowest BCUT2D eigenvalue weighted by molar-refractivity contribution is 0.454. The molecule has 0 saturated carbocycles. The third-order valence-corrected chi connectivity index (χ3v) is 5.55. The van der Waals surface area contributed by atoms with Gasteiger partial charge in [0.25, 0.3) is 0 Å². The zero-order chi connectivity index (χ0) is 19.3. The minimum atomic E-state index is -0.301. The van der Waals surface area contributed by atoms with Crippen LogP contribution in [-0.4, -0.2) is 32.7 Å². The molecule has 1 aromatic carbocycles. The third-order valence-electron chi connectivity index (χ3n) is 5.55. The standard InChI is InChI=1S/C22H22FN5/c1-13-9-20(27-28-12-14(2)25-22(13)28)17-10-16-3-4-19(15-5-7-24-8-6-15)26-21(16)18(23)11-17/h3-4,9-12,15,24H,5-8H2,1-2H3. The highest BCUT2D eigenvalue weighted by Crippen LogP contribution is 2.29. The number of hydrogen-bond acceptors (Lipinski definition) is 4. The van der Waals surface area contributed by atoms with Crippen molar-refractivity contribution in [3.05, 3.63) is 59.3 Å². The molecule has 142 valence electrons. The van der Waals surface area contributed by atoms with E-state index in [-0.39, 0.29) is 5.82 Å². The van der Waals surface area contributed by atoms with Crippen molar-refractivity contribution in [2.24, 2.45) is 0 Å². The number of aromatic nitrogens is 4. The minimum Gasteiger partial charge on any atom is -0.317 e. The Bertz CT molecular complexity index is 1190. The number of piperidine rings is 1. The normalized spacial score (nSPS) is 15.5. The molecule has 5 rings (SSSR count). The molecule has 0 amide bonds. The van der Waals surface area contributed by atoms with Gasteiger partial charge in [0.15, 0.2) is 5.65 Å². The highest BCUT2D eigenvalue weighted by molar-refractivity contribution is 5.84. The van der Waals surface area contributed by atoms with E-state index in [1.807, 2.05) is 44.3 Å². The van der Waals surface area contributed by atoms with Crippen molar-refractivity contribution in [1.82, 2.24) is 24.9 Å². The summed E-state index contributed by atoms with van der Waals surface area (Å²) < 4.78 is 16.7. The largest absolute Gasteiger partial charge is 0.317 e. The molecule has 1 fully saturated rings. The lowest BCUT2D eigenvalue weighted by Crippen LogP contribution is -2.27. The van der Waals surface area contributed by atoms with E-state index in [0.717, 1.165) is 65.2 Å². The molecule has 0 bridgehead atoms. The number of pyridine rings is 1. The van der Waals surface area contributed by atoms with Crippen LogP contribution < -0.4 is 5.32 Å². The molecule has 0 spiro atoms. The Morgan fingerprint density at radius 3 is 2.71 bits per heavy atom. The van der Waals surface area contributed by atoms with E-state index in [1.165, 1.54) is 0 Å². The molecule has 6 heteroatoms. The van der Waals surface area contributed by atoms with Crippen LogP contribution in [0.2, 0.25) is 0 Å². The van der Waals surface area contributed by atoms with Crippen molar-refractivity contribution in [3.8, 4) is 11.3 Å². The first-order chi connectivity index (χ1) is 13.6. The number of imidazole rings is 1. The molecule has 0 unspecified atom stereocenters. The Morgan fingerprint density at radius 2 is 1.89 bits per heavy atom. The lowest BCUT2D eigenvalue weighted by atomic mass is 9.93. The van der Waals surface area contributed by atoms with Crippen molar-refractivity contribution < 1.29 is 4.39 Å². The Morgan fingerprint density at radius 1 is 1.07 bits per heavy atom. The SMILES string of the molecule is Cc1cn2nc(-c3cc(F)c4nc(C5CCNCC5)ccc4c3)cc(C)c2n1. The number of nitrogens with zero attached hydrogens (tertiary/aromatic N) is 4. The van der Waals surface area contributed by atoms with E-state index >= 15 is 0 Å². The summed E-state index contributed by atoms with van der Waals surface area (Å²) in [5, 5.41) is 8.79. The van der Waals surface area contributed by atoms with Gasteiger partial charge < -0.3 is 5.32 Å². The maximum atomic E-state index is 15.0. The summed E-state index contributed by atoms with van der Waals surface area (Å²) >= 11 is 0. The van der Waals surface area contributed by atoms with Gasteiger partial charge in [-0.25, -0.2) is 18.9 Å². The van der Waals surface area contributed by atoms with Gasteiger partial charge in [-0.1, -0.05) is 6.07 Å². The number of fused-ring (bicyclic) bond motifs is 2. The van der Waals surface area contributed by atoms with E-state index in [4.69, 9.17) is 0 Å². The van der Waals surface area contributed by atoms with E-state index in [1.54, 1.807) is 10.6 Å². The highest BCUT2D eigenvalue weighted by Gasteiger charge is 2.18. The molecular formula is C22H22FN5. The number of nitrogens with one attached hydrogen (secondary N) is 1. The minimum absolute atomic E-state index is 0.301. The predicted octanol–water partition coefficient (Wildman–Crippen LogP) is 4.17. The van der Waals surface area contributed by atoms with Crippen LogP contribution in [0.4, 0.5) is 4.39 Å². The molecule has 1 aliphatic heterocycles. The van der Waals surface area contributed by atoms with Gasteiger partial charge in [-0.2, -0.15) is 5.10 Å². The summed E-state index contributed by atoms with van der Waals surface area (Å²) in [5.74, 6) is 0.102. The zero-order valence-corrected chi connectivity index (χ0v) is 16.0. The zero-order valence-electron chi connectivity index (χ0n) is 16.0. The molecule has 4 heterocycles. The molecule has 4 aromatic rings. The summed E-state index contributed by atoms with van der Waals surface area (Å²) in [6.07, 6.45) is 3.98. The van der Waals surface area contributed by atoms with Crippen molar-refractivity contribution >= 4 is 16.6 Å². The molecule has 3 aromatic heterocycles. The van der Waals surface area contributed by atoms with Crippen molar-refractivity contribution in [2.45, 2.75) is 32.6 Å². The Balaban J connectivity index is 1.59. The van der Waals surface area contributed by atoms with Crippen LogP contribution >= 0.6 is 0 Å². The average molecular weight is 375 g/mol. The molecule has 0 atom stereocenters. The van der Waals surface area contributed by atoms with Gasteiger partial charge in [-0.3, -0.25) is 0 Å². The van der Waals surface area contributed by atoms with E-state index in [2.05, 4.69) is 20.4 Å². The smallest absolute Gasteiger partial charge is 0.156 e. The van der Waals surface area contributed by atoms with E-state index in [0.29, 0.717) is 11.4 Å². The number of halogens is 1. The molecule has 5 nitrogen and oxygen atoms in total. The van der Waals surface area contributed by atoms with Crippen molar-refractivity contribution in [1.29, 1.82) is 0 Å². The van der Waals surface area contributed by atoms with Gasteiger partial charge in [0, 0.05) is 22.6 Å². The predicted molar refractivity (Wildman–Crippen MR) is 108 cm³/mol. The van der Waals surface area contributed by atoms with Crippen LogP contribution in [0, 0.1) is 19.7 Å². The Labute approximate surface area is 162 Å². The first-order valence-corrected chi connectivity index (χ1v) is 9.73. The molecule has 1 aliphatic rings. The summed E-state index contributed by atoms with van der Waals surface area (Å²) in [7, 11) is 0. The number of aryl methyl sites for hydroxylation is 2. The fourth-order valence-electron chi connectivity index (χ4n) is 4.09. The van der Waals surface area contributed by atoms with Crippen LogP contribution in [0.3, 0.4) is 0 Å². The fourth-order valence-corrected chi connectivity index (χ4v) is 4.09. The maximum absolute atomic E-state index is 15.0. The average Bonchev–Trinajstić information content (AvgIpc) is 3.09. The molecule has 1 N–H and O–H groups in total. The quantitative estimate of drug-likeness (QED) is 0.571. The fraction of sp³-hybridized carbons (Fsp3) is 0.318. The van der Waals surface area contributed by atoms with Crippen LogP contribution in [0.5, 0.6) is 0 Å². The molecular weight excluding hydrogens is 353 g/mol. The number of benzene rings is 1. The van der Waals surface area contributed by atoms with Gasteiger partial charge >= 0.3 is 0 Å². The Kier molecular flexibility index (Phi) is 4.09. The second kappa shape index (κ2) is 6.63.